The zero-order valence-electron chi connectivity index (χ0n) is 25.3. The van der Waals surface area contributed by atoms with Crippen LogP contribution in [0.15, 0.2) is 156 Å². The normalized spacial score (nSPS) is 13.3. The number of furan rings is 1. The zero-order valence-corrected chi connectivity index (χ0v) is 25.3. The maximum Gasteiger partial charge on any atom is 0.136 e. The largest absolute Gasteiger partial charge is 0.456 e. The predicted octanol–water partition coefficient (Wildman–Crippen LogP) is 12.2. The van der Waals surface area contributed by atoms with Gasteiger partial charge in [0.25, 0.3) is 0 Å². The molecule has 0 spiro atoms. The highest BCUT2D eigenvalue weighted by molar-refractivity contribution is 6.16. The first kappa shape index (κ1) is 25.9. The van der Waals surface area contributed by atoms with E-state index in [1.165, 1.54) is 33.0 Å². The Morgan fingerprint density at radius 1 is 0.467 bits per heavy atom. The molecule has 45 heavy (non-hydrogen) atoms. The van der Waals surface area contributed by atoms with Crippen LogP contribution in [0.1, 0.15) is 25.0 Å². The summed E-state index contributed by atoms with van der Waals surface area (Å²) in [5, 5.41) is 4.67. The molecule has 2 heteroatoms. The smallest absolute Gasteiger partial charge is 0.136 e. The van der Waals surface area contributed by atoms with Gasteiger partial charge in [0.05, 0.1) is 5.69 Å². The molecule has 0 N–H and O–H groups in total. The minimum Gasteiger partial charge on any atom is -0.456 e. The predicted molar refractivity (Wildman–Crippen MR) is 189 cm³/mol. The first-order valence-corrected chi connectivity index (χ1v) is 15.6. The summed E-state index contributed by atoms with van der Waals surface area (Å²) in [7, 11) is 0. The molecule has 0 amide bonds. The Labute approximate surface area is 262 Å². The standard InChI is InChI=1S/C43H31NO/c1-43(2)37-20-10-8-17-32(37)33-24-23-31(27-38(33)43)44(30-15-4-3-5-16-30)39-21-11-9-18-34(39)35-19-12-22-40-42(35)36-25-28-13-6-7-14-29(28)26-41(36)45-40/h3-27H,1-2H3. The van der Waals surface area contributed by atoms with Crippen molar-refractivity contribution in [1.29, 1.82) is 0 Å². The summed E-state index contributed by atoms with van der Waals surface area (Å²) < 4.78 is 6.48. The number of hydrogen-bond acceptors (Lipinski definition) is 2. The number of anilines is 3. The molecule has 1 aromatic heterocycles. The van der Waals surface area contributed by atoms with Crippen molar-refractivity contribution in [3.8, 4) is 22.3 Å². The molecule has 0 bridgehead atoms. The number of para-hydroxylation sites is 2. The number of hydrogen-bond donors (Lipinski definition) is 0. The molecule has 214 valence electrons. The second kappa shape index (κ2) is 9.70. The van der Waals surface area contributed by atoms with Crippen molar-refractivity contribution in [2.24, 2.45) is 0 Å². The minimum absolute atomic E-state index is 0.0894. The summed E-state index contributed by atoms with van der Waals surface area (Å²) in [6.45, 7) is 4.69. The average Bonchev–Trinajstić information content (AvgIpc) is 3.56. The molecule has 7 aromatic carbocycles. The van der Waals surface area contributed by atoms with Gasteiger partial charge < -0.3 is 9.32 Å². The van der Waals surface area contributed by atoms with Gasteiger partial charge in [-0.2, -0.15) is 0 Å². The first-order valence-electron chi connectivity index (χ1n) is 15.6. The fraction of sp³-hybridized carbons (Fsp3) is 0.0698. The summed E-state index contributed by atoms with van der Waals surface area (Å²) >= 11 is 0. The van der Waals surface area contributed by atoms with E-state index in [1.54, 1.807) is 0 Å². The molecule has 2 nitrogen and oxygen atoms in total. The third-order valence-corrected chi connectivity index (χ3v) is 9.64. The lowest BCUT2D eigenvalue weighted by Crippen LogP contribution is -2.16. The Kier molecular flexibility index (Phi) is 5.58. The van der Waals surface area contributed by atoms with Gasteiger partial charge in [0.1, 0.15) is 11.2 Å². The van der Waals surface area contributed by atoms with Crippen LogP contribution in [-0.4, -0.2) is 0 Å². The molecular formula is C43H31NO. The van der Waals surface area contributed by atoms with E-state index in [9.17, 15) is 0 Å². The van der Waals surface area contributed by atoms with Gasteiger partial charge in [0.2, 0.25) is 0 Å². The molecule has 0 fully saturated rings. The van der Waals surface area contributed by atoms with Gasteiger partial charge in [-0.05, 0) is 87.1 Å². The van der Waals surface area contributed by atoms with E-state index in [0.29, 0.717) is 0 Å². The van der Waals surface area contributed by atoms with Gasteiger partial charge in [-0.25, -0.2) is 0 Å². The Morgan fingerprint density at radius 3 is 1.98 bits per heavy atom. The summed E-state index contributed by atoms with van der Waals surface area (Å²) in [5.74, 6) is 0. The summed E-state index contributed by atoms with van der Waals surface area (Å²) in [6.07, 6.45) is 0. The van der Waals surface area contributed by atoms with Crippen LogP contribution in [-0.2, 0) is 5.41 Å². The third kappa shape index (κ3) is 3.89. The van der Waals surface area contributed by atoms with Gasteiger partial charge in [0, 0.05) is 33.1 Å². The molecule has 8 aromatic rings. The Bertz CT molecular complexity index is 2410. The van der Waals surface area contributed by atoms with Gasteiger partial charge in [-0.3, -0.25) is 0 Å². The molecule has 0 saturated heterocycles. The fourth-order valence-corrected chi connectivity index (χ4v) is 7.47. The van der Waals surface area contributed by atoms with Crippen LogP contribution in [0.4, 0.5) is 17.1 Å². The average molecular weight is 578 g/mol. The van der Waals surface area contributed by atoms with E-state index < -0.39 is 0 Å². The van der Waals surface area contributed by atoms with Crippen molar-refractivity contribution in [3.63, 3.8) is 0 Å². The number of nitrogens with zero attached hydrogens (tertiary/aromatic N) is 1. The molecule has 9 rings (SSSR count). The molecule has 0 aliphatic heterocycles. The fourth-order valence-electron chi connectivity index (χ4n) is 7.47. The van der Waals surface area contributed by atoms with Crippen molar-refractivity contribution >= 4 is 49.8 Å². The Balaban J connectivity index is 1.29. The van der Waals surface area contributed by atoms with Crippen LogP contribution in [0.3, 0.4) is 0 Å². The first-order chi connectivity index (χ1) is 22.1. The van der Waals surface area contributed by atoms with Crippen molar-refractivity contribution in [2.45, 2.75) is 19.3 Å². The van der Waals surface area contributed by atoms with Crippen LogP contribution in [0.25, 0.3) is 55.0 Å². The monoisotopic (exact) mass is 577 g/mol. The lowest BCUT2D eigenvalue weighted by molar-refractivity contribution is 0.660. The second-order valence-electron chi connectivity index (χ2n) is 12.6. The number of fused-ring (bicyclic) bond motifs is 7. The molecular weight excluding hydrogens is 546 g/mol. The van der Waals surface area contributed by atoms with Crippen molar-refractivity contribution in [1.82, 2.24) is 0 Å². The number of benzene rings is 7. The summed E-state index contributed by atoms with van der Waals surface area (Å²) in [5.41, 5.74) is 12.8. The van der Waals surface area contributed by atoms with Gasteiger partial charge in [-0.1, -0.05) is 117 Å². The summed E-state index contributed by atoms with van der Waals surface area (Å²) in [4.78, 5) is 2.41. The highest BCUT2D eigenvalue weighted by atomic mass is 16.3. The van der Waals surface area contributed by atoms with E-state index in [-0.39, 0.29) is 5.41 Å². The lowest BCUT2D eigenvalue weighted by Gasteiger charge is -2.30. The third-order valence-electron chi connectivity index (χ3n) is 9.64. The maximum atomic E-state index is 6.48. The van der Waals surface area contributed by atoms with Crippen LogP contribution >= 0.6 is 0 Å². The quantitative estimate of drug-likeness (QED) is 0.207. The van der Waals surface area contributed by atoms with Crippen LogP contribution in [0.2, 0.25) is 0 Å². The topological polar surface area (TPSA) is 16.4 Å². The second-order valence-corrected chi connectivity index (χ2v) is 12.6. The van der Waals surface area contributed by atoms with Crippen molar-refractivity contribution < 1.29 is 4.42 Å². The SMILES string of the molecule is CC1(C)c2ccccc2-c2ccc(N(c3ccccc3)c3ccccc3-c3cccc4oc5cc6ccccc6cc5c34)cc21. The maximum absolute atomic E-state index is 6.48. The van der Waals surface area contributed by atoms with E-state index >= 15 is 0 Å². The summed E-state index contributed by atoms with van der Waals surface area (Å²) in [6, 6.07) is 54.7. The molecule has 0 radical (unpaired) electrons. The van der Waals surface area contributed by atoms with Gasteiger partial charge >= 0.3 is 0 Å². The van der Waals surface area contributed by atoms with E-state index in [2.05, 4.69) is 170 Å². The van der Waals surface area contributed by atoms with Crippen LogP contribution < -0.4 is 4.90 Å². The molecule has 0 saturated carbocycles. The Hall–Kier alpha value is -5.60. The molecule has 1 aliphatic carbocycles. The van der Waals surface area contributed by atoms with Crippen molar-refractivity contribution in [2.75, 3.05) is 4.90 Å². The molecule has 0 unspecified atom stereocenters. The minimum atomic E-state index is -0.0894. The number of rotatable bonds is 4. The Morgan fingerprint density at radius 2 is 1.13 bits per heavy atom. The van der Waals surface area contributed by atoms with Crippen molar-refractivity contribution in [3.05, 3.63) is 163 Å². The van der Waals surface area contributed by atoms with E-state index in [0.717, 1.165) is 50.1 Å². The highest BCUT2D eigenvalue weighted by Gasteiger charge is 2.35. The molecule has 0 atom stereocenters. The van der Waals surface area contributed by atoms with Gasteiger partial charge in [0.15, 0.2) is 0 Å². The zero-order chi connectivity index (χ0) is 30.1. The van der Waals surface area contributed by atoms with Gasteiger partial charge in [-0.15, -0.1) is 0 Å². The molecule has 1 aliphatic rings. The van der Waals surface area contributed by atoms with E-state index in [1.807, 2.05) is 0 Å². The van der Waals surface area contributed by atoms with Crippen LogP contribution in [0, 0.1) is 0 Å². The van der Waals surface area contributed by atoms with Crippen LogP contribution in [0.5, 0.6) is 0 Å². The van der Waals surface area contributed by atoms with E-state index in [4.69, 9.17) is 4.42 Å². The highest BCUT2D eigenvalue weighted by Crippen LogP contribution is 2.51. The lowest BCUT2D eigenvalue weighted by atomic mass is 9.82. The molecule has 1 heterocycles.